The summed E-state index contributed by atoms with van der Waals surface area (Å²) in [6.45, 7) is 6.72. The number of benzene rings is 1. The minimum absolute atomic E-state index is 0.0777. The van der Waals surface area contributed by atoms with Crippen molar-refractivity contribution in [2.45, 2.75) is 38.5 Å². The number of sulfone groups is 1. The number of hydrogen-bond acceptors (Lipinski definition) is 5. The molecule has 146 valence electrons. The highest BCUT2D eigenvalue weighted by Crippen LogP contribution is 2.24. The topological polar surface area (TPSA) is 68.1 Å². The van der Waals surface area contributed by atoms with Gasteiger partial charge in [-0.15, -0.1) is 0 Å². The highest BCUT2D eigenvalue weighted by molar-refractivity contribution is 7.90. The van der Waals surface area contributed by atoms with Crippen LogP contribution in [0, 0.1) is 13.8 Å². The molecule has 3 heterocycles. The van der Waals surface area contributed by atoms with Gasteiger partial charge in [-0.1, -0.05) is 18.2 Å². The number of rotatable bonds is 4. The van der Waals surface area contributed by atoms with Crippen LogP contribution in [0.1, 0.15) is 28.2 Å². The van der Waals surface area contributed by atoms with Gasteiger partial charge in [0.15, 0.2) is 0 Å². The Morgan fingerprint density at radius 2 is 1.89 bits per heavy atom. The van der Waals surface area contributed by atoms with Crippen molar-refractivity contribution in [2.24, 2.45) is 0 Å². The third-order valence-corrected chi connectivity index (χ3v) is 6.13. The van der Waals surface area contributed by atoms with Crippen molar-refractivity contribution in [3.63, 3.8) is 0 Å². The summed E-state index contributed by atoms with van der Waals surface area (Å²) in [4.78, 5) is 10.7. The van der Waals surface area contributed by atoms with Crippen molar-refractivity contribution in [2.75, 3.05) is 12.8 Å². The van der Waals surface area contributed by atoms with Crippen molar-refractivity contribution >= 4 is 9.84 Å². The van der Waals surface area contributed by atoms with Gasteiger partial charge >= 0.3 is 0 Å². The molecule has 2 aromatic heterocycles. The van der Waals surface area contributed by atoms with E-state index in [4.69, 9.17) is 0 Å². The first-order valence-corrected chi connectivity index (χ1v) is 11.2. The predicted molar refractivity (Wildman–Crippen MR) is 108 cm³/mol. The molecule has 0 spiro atoms. The third kappa shape index (κ3) is 3.59. The number of aromatic nitrogens is 3. The van der Waals surface area contributed by atoms with E-state index >= 15 is 0 Å². The normalized spacial score (nSPS) is 14.8. The van der Waals surface area contributed by atoms with E-state index in [2.05, 4.69) is 63.6 Å². The highest BCUT2D eigenvalue weighted by Gasteiger charge is 2.22. The van der Waals surface area contributed by atoms with Gasteiger partial charge in [-0.2, -0.15) is 0 Å². The molecule has 0 aliphatic carbocycles. The lowest BCUT2D eigenvalue weighted by Crippen LogP contribution is -2.31. The molecular formula is C21H24N4O2S. The molecule has 0 atom stereocenters. The summed E-state index contributed by atoms with van der Waals surface area (Å²) in [5.74, 6) is 0. The molecule has 28 heavy (non-hydrogen) atoms. The average Bonchev–Trinajstić information content (AvgIpc) is 2.94. The second-order valence-electron chi connectivity index (χ2n) is 7.42. The first kappa shape index (κ1) is 18.8. The van der Waals surface area contributed by atoms with Gasteiger partial charge in [-0.05, 0) is 37.6 Å². The standard InChI is InChI=1S/C21H24N4O2S/c1-15-11-17(16(2)25(15)19-7-5-4-6-8-19)13-24-10-9-20-18(14-24)12-22-21(23-20)28(3,26)27/h4-8,11-12H,9-10,13-14H2,1-3H3. The van der Waals surface area contributed by atoms with Gasteiger partial charge < -0.3 is 4.57 Å². The van der Waals surface area contributed by atoms with E-state index in [1.54, 1.807) is 6.20 Å². The molecule has 0 bridgehead atoms. The number of nitrogens with zero attached hydrogens (tertiary/aromatic N) is 4. The SMILES string of the molecule is Cc1cc(CN2CCc3nc(S(C)(=O)=O)ncc3C2)c(C)n1-c1ccccc1. The second kappa shape index (κ2) is 7.14. The van der Waals surface area contributed by atoms with E-state index in [9.17, 15) is 8.42 Å². The van der Waals surface area contributed by atoms with Crippen LogP contribution in [0.3, 0.4) is 0 Å². The molecule has 1 aliphatic rings. The molecule has 1 aromatic carbocycles. The molecule has 0 fully saturated rings. The van der Waals surface area contributed by atoms with E-state index in [1.807, 2.05) is 6.07 Å². The second-order valence-corrected chi connectivity index (χ2v) is 9.33. The number of fused-ring (bicyclic) bond motifs is 1. The van der Waals surface area contributed by atoms with E-state index < -0.39 is 9.84 Å². The van der Waals surface area contributed by atoms with Crippen LogP contribution >= 0.6 is 0 Å². The Labute approximate surface area is 165 Å². The fourth-order valence-corrected chi connectivity index (χ4v) is 4.39. The first-order chi connectivity index (χ1) is 13.3. The summed E-state index contributed by atoms with van der Waals surface area (Å²) < 4.78 is 25.6. The number of aryl methyl sites for hydroxylation is 1. The molecule has 0 radical (unpaired) electrons. The van der Waals surface area contributed by atoms with Crippen molar-refractivity contribution in [3.05, 3.63) is 70.8 Å². The van der Waals surface area contributed by atoms with Crippen LogP contribution in [0.15, 0.2) is 47.8 Å². The first-order valence-electron chi connectivity index (χ1n) is 9.33. The largest absolute Gasteiger partial charge is 0.318 e. The lowest BCUT2D eigenvalue weighted by atomic mass is 10.1. The molecular weight excluding hydrogens is 372 g/mol. The zero-order chi connectivity index (χ0) is 19.9. The fourth-order valence-electron chi connectivity index (χ4n) is 3.87. The maximum atomic E-state index is 11.7. The zero-order valence-corrected chi connectivity index (χ0v) is 17.2. The summed E-state index contributed by atoms with van der Waals surface area (Å²) in [6.07, 6.45) is 3.54. The summed E-state index contributed by atoms with van der Waals surface area (Å²) in [6, 6.07) is 12.6. The summed E-state index contributed by atoms with van der Waals surface area (Å²) in [7, 11) is -3.37. The van der Waals surface area contributed by atoms with E-state index in [0.29, 0.717) is 0 Å². The molecule has 1 aliphatic heterocycles. The van der Waals surface area contributed by atoms with Crippen LogP contribution in [0.25, 0.3) is 5.69 Å². The molecule has 4 rings (SSSR count). The molecule has 0 amide bonds. The average molecular weight is 397 g/mol. The predicted octanol–water partition coefficient (Wildman–Crippen LogP) is 2.85. The third-order valence-electron chi connectivity index (χ3n) is 5.27. The Balaban J connectivity index is 1.56. The van der Waals surface area contributed by atoms with Gasteiger partial charge in [-0.25, -0.2) is 18.4 Å². The van der Waals surface area contributed by atoms with E-state index in [0.717, 1.165) is 43.6 Å². The summed E-state index contributed by atoms with van der Waals surface area (Å²) in [5.41, 5.74) is 6.81. The maximum absolute atomic E-state index is 11.7. The van der Waals surface area contributed by atoms with Crippen LogP contribution < -0.4 is 0 Å². The van der Waals surface area contributed by atoms with Crippen LogP contribution in [-0.2, 0) is 29.3 Å². The van der Waals surface area contributed by atoms with Crippen molar-refractivity contribution in [1.29, 1.82) is 0 Å². The quantitative estimate of drug-likeness (QED) is 0.635. The Hall–Kier alpha value is -2.51. The summed E-state index contributed by atoms with van der Waals surface area (Å²) in [5, 5.41) is -0.0777. The number of hydrogen-bond donors (Lipinski definition) is 0. The van der Waals surface area contributed by atoms with Gasteiger partial charge in [0.05, 0.1) is 5.69 Å². The Morgan fingerprint density at radius 3 is 2.61 bits per heavy atom. The van der Waals surface area contributed by atoms with Gasteiger partial charge in [0.1, 0.15) is 0 Å². The smallest absolute Gasteiger partial charge is 0.246 e. The highest BCUT2D eigenvalue weighted by atomic mass is 32.2. The zero-order valence-electron chi connectivity index (χ0n) is 16.4. The minimum Gasteiger partial charge on any atom is -0.318 e. The summed E-state index contributed by atoms with van der Waals surface area (Å²) >= 11 is 0. The fraction of sp³-hybridized carbons (Fsp3) is 0.333. The Morgan fingerprint density at radius 1 is 1.14 bits per heavy atom. The molecule has 3 aromatic rings. The van der Waals surface area contributed by atoms with Crippen molar-refractivity contribution in [1.82, 2.24) is 19.4 Å². The van der Waals surface area contributed by atoms with Gasteiger partial charge in [0.25, 0.3) is 0 Å². The Kier molecular flexibility index (Phi) is 4.81. The molecule has 7 heteroatoms. The number of para-hydroxylation sites is 1. The molecule has 6 nitrogen and oxygen atoms in total. The molecule has 0 N–H and O–H groups in total. The molecule has 0 saturated heterocycles. The van der Waals surface area contributed by atoms with Gasteiger partial charge in [0.2, 0.25) is 15.0 Å². The van der Waals surface area contributed by atoms with Crippen molar-refractivity contribution < 1.29 is 8.42 Å². The molecule has 0 saturated carbocycles. The maximum Gasteiger partial charge on any atom is 0.246 e. The van der Waals surface area contributed by atoms with Crippen LogP contribution in [0.2, 0.25) is 0 Å². The van der Waals surface area contributed by atoms with Gasteiger partial charge in [-0.3, -0.25) is 4.90 Å². The lowest BCUT2D eigenvalue weighted by Gasteiger charge is -2.28. The van der Waals surface area contributed by atoms with Crippen LogP contribution in [0.5, 0.6) is 0 Å². The van der Waals surface area contributed by atoms with Crippen LogP contribution in [0.4, 0.5) is 0 Å². The molecule has 0 unspecified atom stereocenters. The minimum atomic E-state index is -3.37. The van der Waals surface area contributed by atoms with E-state index in [-0.39, 0.29) is 5.16 Å². The lowest BCUT2D eigenvalue weighted by molar-refractivity contribution is 0.241. The van der Waals surface area contributed by atoms with E-state index in [1.165, 1.54) is 22.6 Å². The Bertz CT molecular complexity index is 1120. The monoisotopic (exact) mass is 396 g/mol. The van der Waals surface area contributed by atoms with Crippen LogP contribution in [-0.4, -0.2) is 40.7 Å². The van der Waals surface area contributed by atoms with Crippen molar-refractivity contribution in [3.8, 4) is 5.69 Å². The van der Waals surface area contributed by atoms with Gasteiger partial charge in [0, 0.05) is 61.1 Å².